The zero-order valence-corrected chi connectivity index (χ0v) is 18.4. The topological polar surface area (TPSA) is 92.8 Å². The van der Waals surface area contributed by atoms with E-state index in [4.69, 9.17) is 4.74 Å². The van der Waals surface area contributed by atoms with Crippen molar-refractivity contribution in [2.45, 2.75) is 43.4 Å². The number of anilines is 1. The first-order valence-corrected chi connectivity index (χ1v) is 12.0. The molecule has 166 valence electrons. The minimum Gasteiger partial charge on any atom is -0.455 e. The molecule has 1 aliphatic heterocycles. The molecule has 0 saturated carbocycles. The quantitative estimate of drug-likeness (QED) is 0.629. The predicted molar refractivity (Wildman–Crippen MR) is 118 cm³/mol. The van der Waals surface area contributed by atoms with Crippen molar-refractivity contribution in [2.24, 2.45) is 0 Å². The average molecular weight is 445 g/mol. The highest BCUT2D eigenvalue weighted by Gasteiger charge is 2.26. The second kappa shape index (κ2) is 10.5. The first-order chi connectivity index (χ1) is 14.9. The normalized spacial score (nSPS) is 15.8. The maximum atomic E-state index is 12.7. The summed E-state index contributed by atoms with van der Waals surface area (Å²) in [5.74, 6) is -1.36. The van der Waals surface area contributed by atoms with E-state index in [1.807, 2.05) is 37.3 Å². The molecule has 8 heteroatoms. The number of rotatable bonds is 8. The summed E-state index contributed by atoms with van der Waals surface area (Å²) in [4.78, 5) is 24.7. The summed E-state index contributed by atoms with van der Waals surface area (Å²) < 4.78 is 32.1. The summed E-state index contributed by atoms with van der Waals surface area (Å²) in [5, 5.41) is 2.63. The van der Waals surface area contributed by atoms with Gasteiger partial charge in [-0.1, -0.05) is 43.7 Å². The van der Waals surface area contributed by atoms with Crippen LogP contribution in [-0.2, 0) is 24.3 Å². The minimum atomic E-state index is -3.52. The molecule has 0 aliphatic carbocycles. The molecule has 1 amide bonds. The molecule has 0 aromatic heterocycles. The molecule has 7 nitrogen and oxygen atoms in total. The fourth-order valence-corrected chi connectivity index (χ4v) is 5.14. The van der Waals surface area contributed by atoms with Crippen LogP contribution in [0.1, 0.15) is 44.1 Å². The first kappa shape index (κ1) is 23.0. The van der Waals surface area contributed by atoms with E-state index in [2.05, 4.69) is 5.32 Å². The Labute approximate surface area is 183 Å². The van der Waals surface area contributed by atoms with Crippen molar-refractivity contribution < 1.29 is 22.7 Å². The summed E-state index contributed by atoms with van der Waals surface area (Å²) in [6, 6.07) is 15.3. The molecule has 3 rings (SSSR count). The third kappa shape index (κ3) is 5.92. The van der Waals surface area contributed by atoms with Crippen LogP contribution < -0.4 is 5.32 Å². The van der Waals surface area contributed by atoms with Gasteiger partial charge >= 0.3 is 5.97 Å². The van der Waals surface area contributed by atoms with Gasteiger partial charge < -0.3 is 10.1 Å². The lowest BCUT2D eigenvalue weighted by molar-refractivity contribution is -0.149. The number of carbonyl (C=O) groups is 2. The Morgan fingerprint density at radius 2 is 1.65 bits per heavy atom. The second-order valence-electron chi connectivity index (χ2n) is 7.52. The van der Waals surface area contributed by atoms with E-state index < -0.39 is 34.4 Å². The lowest BCUT2D eigenvalue weighted by Crippen LogP contribution is -2.35. The second-order valence-corrected chi connectivity index (χ2v) is 9.45. The SMILES string of the molecule is CC[C@@H](C(=O)OCC(=O)Nc1ccc(S(=O)(=O)N2CCCCC2)cc1)c1ccccc1. The van der Waals surface area contributed by atoms with E-state index in [-0.39, 0.29) is 4.90 Å². The Kier molecular flexibility index (Phi) is 7.81. The van der Waals surface area contributed by atoms with Gasteiger partial charge in [0.25, 0.3) is 5.91 Å². The Bertz CT molecular complexity index is 984. The van der Waals surface area contributed by atoms with Crippen LogP contribution in [0.2, 0.25) is 0 Å². The Hall–Kier alpha value is -2.71. The Balaban J connectivity index is 1.54. The third-order valence-corrected chi connectivity index (χ3v) is 7.24. The predicted octanol–water partition coefficient (Wildman–Crippen LogP) is 3.54. The van der Waals surface area contributed by atoms with E-state index in [0.717, 1.165) is 24.8 Å². The number of carbonyl (C=O) groups excluding carboxylic acids is 2. The summed E-state index contributed by atoms with van der Waals surface area (Å²) in [7, 11) is -3.52. The zero-order valence-electron chi connectivity index (χ0n) is 17.6. The summed E-state index contributed by atoms with van der Waals surface area (Å²) in [6.07, 6.45) is 3.35. The molecule has 1 fully saturated rings. The molecule has 0 bridgehead atoms. The maximum Gasteiger partial charge on any atom is 0.313 e. The number of nitrogens with one attached hydrogen (secondary N) is 1. The van der Waals surface area contributed by atoms with Crippen LogP contribution in [0.25, 0.3) is 0 Å². The number of nitrogens with zero attached hydrogens (tertiary/aromatic N) is 1. The number of esters is 1. The molecule has 1 N–H and O–H groups in total. The van der Waals surface area contributed by atoms with Crippen molar-refractivity contribution in [3.05, 3.63) is 60.2 Å². The number of hydrogen-bond donors (Lipinski definition) is 1. The fourth-order valence-electron chi connectivity index (χ4n) is 3.62. The van der Waals surface area contributed by atoms with Gasteiger partial charge in [0.2, 0.25) is 10.0 Å². The molecular formula is C23H28N2O5S. The van der Waals surface area contributed by atoms with Gasteiger partial charge in [0.05, 0.1) is 10.8 Å². The molecule has 1 aliphatic rings. The number of amides is 1. The number of sulfonamides is 1. The van der Waals surface area contributed by atoms with Gasteiger partial charge in [0, 0.05) is 18.8 Å². The Morgan fingerprint density at radius 1 is 1.00 bits per heavy atom. The van der Waals surface area contributed by atoms with E-state index in [1.165, 1.54) is 28.6 Å². The van der Waals surface area contributed by atoms with Gasteiger partial charge in [-0.25, -0.2) is 8.42 Å². The summed E-state index contributed by atoms with van der Waals surface area (Å²) >= 11 is 0. The average Bonchev–Trinajstić information content (AvgIpc) is 2.80. The highest BCUT2D eigenvalue weighted by Crippen LogP contribution is 2.23. The largest absolute Gasteiger partial charge is 0.455 e. The fraction of sp³-hybridized carbons (Fsp3) is 0.391. The molecule has 0 unspecified atom stereocenters. The van der Waals surface area contributed by atoms with Gasteiger partial charge in [-0.15, -0.1) is 0 Å². The van der Waals surface area contributed by atoms with Crippen molar-refractivity contribution in [2.75, 3.05) is 25.0 Å². The third-order valence-electron chi connectivity index (χ3n) is 5.33. The van der Waals surface area contributed by atoms with E-state index in [9.17, 15) is 18.0 Å². The molecule has 2 aromatic carbocycles. The molecule has 0 spiro atoms. The van der Waals surface area contributed by atoms with E-state index in [0.29, 0.717) is 25.2 Å². The lowest BCUT2D eigenvalue weighted by Gasteiger charge is -2.25. The molecule has 1 heterocycles. The van der Waals surface area contributed by atoms with Gasteiger partial charge in [-0.3, -0.25) is 9.59 Å². The van der Waals surface area contributed by atoms with E-state index in [1.54, 1.807) is 0 Å². The van der Waals surface area contributed by atoms with Crippen LogP contribution in [0.3, 0.4) is 0 Å². The van der Waals surface area contributed by atoms with Crippen LogP contribution in [0.15, 0.2) is 59.5 Å². The number of hydrogen-bond acceptors (Lipinski definition) is 5. The summed E-state index contributed by atoms with van der Waals surface area (Å²) in [6.45, 7) is 2.55. The minimum absolute atomic E-state index is 0.201. The maximum absolute atomic E-state index is 12.7. The lowest BCUT2D eigenvalue weighted by atomic mass is 9.97. The first-order valence-electron chi connectivity index (χ1n) is 10.5. The number of ether oxygens (including phenoxy) is 1. The number of piperidine rings is 1. The van der Waals surface area contributed by atoms with Crippen molar-refractivity contribution in [1.29, 1.82) is 0 Å². The van der Waals surface area contributed by atoms with Crippen LogP contribution in [0, 0.1) is 0 Å². The van der Waals surface area contributed by atoms with Crippen LogP contribution in [0.5, 0.6) is 0 Å². The van der Waals surface area contributed by atoms with Gasteiger partial charge in [0.15, 0.2) is 6.61 Å². The van der Waals surface area contributed by atoms with Crippen molar-refractivity contribution in [3.63, 3.8) is 0 Å². The van der Waals surface area contributed by atoms with Crippen molar-refractivity contribution in [1.82, 2.24) is 4.31 Å². The van der Waals surface area contributed by atoms with Gasteiger partial charge in [-0.05, 0) is 49.1 Å². The molecule has 0 radical (unpaired) electrons. The van der Waals surface area contributed by atoms with Crippen molar-refractivity contribution in [3.8, 4) is 0 Å². The zero-order chi connectivity index (χ0) is 22.3. The molecule has 31 heavy (non-hydrogen) atoms. The monoisotopic (exact) mass is 444 g/mol. The Morgan fingerprint density at radius 3 is 2.26 bits per heavy atom. The van der Waals surface area contributed by atoms with Gasteiger partial charge in [-0.2, -0.15) is 4.31 Å². The van der Waals surface area contributed by atoms with Gasteiger partial charge in [0.1, 0.15) is 0 Å². The molecular weight excluding hydrogens is 416 g/mol. The molecule has 1 atom stereocenters. The van der Waals surface area contributed by atoms with Crippen LogP contribution in [-0.4, -0.2) is 44.3 Å². The number of benzene rings is 2. The van der Waals surface area contributed by atoms with Crippen LogP contribution in [0.4, 0.5) is 5.69 Å². The molecule has 2 aromatic rings. The van der Waals surface area contributed by atoms with Crippen molar-refractivity contribution >= 4 is 27.6 Å². The van der Waals surface area contributed by atoms with Crippen LogP contribution >= 0.6 is 0 Å². The summed E-state index contributed by atoms with van der Waals surface area (Å²) in [5.41, 5.74) is 1.29. The highest BCUT2D eigenvalue weighted by molar-refractivity contribution is 7.89. The standard InChI is InChI=1S/C23H28N2O5S/c1-2-21(18-9-5-3-6-10-18)23(27)30-17-22(26)24-19-11-13-20(14-12-19)31(28,29)25-15-7-4-8-16-25/h3,5-6,9-14,21H,2,4,7-8,15-17H2,1H3,(H,24,26)/t21-/m1/s1. The molecule has 1 saturated heterocycles. The van der Waals surface area contributed by atoms with E-state index >= 15 is 0 Å². The smallest absolute Gasteiger partial charge is 0.313 e. The highest BCUT2D eigenvalue weighted by atomic mass is 32.2.